The SMILES string of the molecule is CC(=O)C1(C)C(C)=C(C(=O)OCc2ccc([N+](=O)[O-])cc2)N2C(=O)C(C(C)(C)O)[C@H]21. The average molecular weight is 416 g/mol. The van der Waals surface area contributed by atoms with Crippen LogP contribution >= 0.6 is 0 Å². The Labute approximate surface area is 173 Å². The highest BCUT2D eigenvalue weighted by molar-refractivity contribution is 6.05. The highest BCUT2D eigenvalue weighted by Crippen LogP contribution is 2.56. The van der Waals surface area contributed by atoms with Gasteiger partial charge in [0.05, 0.1) is 27.9 Å². The zero-order valence-electron chi connectivity index (χ0n) is 17.5. The number of rotatable bonds is 6. The fourth-order valence-corrected chi connectivity index (χ4v) is 4.32. The van der Waals surface area contributed by atoms with Crippen molar-refractivity contribution in [1.82, 2.24) is 4.90 Å². The molecule has 3 rings (SSSR count). The first kappa shape index (κ1) is 21.6. The van der Waals surface area contributed by atoms with Gasteiger partial charge in [-0.2, -0.15) is 0 Å². The Morgan fingerprint density at radius 2 is 1.87 bits per heavy atom. The van der Waals surface area contributed by atoms with E-state index in [2.05, 4.69) is 0 Å². The summed E-state index contributed by atoms with van der Waals surface area (Å²) in [7, 11) is 0. The van der Waals surface area contributed by atoms with Gasteiger partial charge in [0.1, 0.15) is 18.1 Å². The molecule has 0 spiro atoms. The molecular weight excluding hydrogens is 392 g/mol. The minimum Gasteiger partial charge on any atom is -0.456 e. The predicted octanol–water partition coefficient (Wildman–Crippen LogP) is 2.12. The Hall–Kier alpha value is -3.07. The molecule has 2 aliphatic heterocycles. The second-order valence-corrected chi connectivity index (χ2v) is 8.52. The summed E-state index contributed by atoms with van der Waals surface area (Å²) in [6.45, 7) is 7.56. The highest BCUT2D eigenvalue weighted by atomic mass is 16.6. The fraction of sp³-hybridized carbons (Fsp3) is 0.476. The molecule has 3 atom stereocenters. The first-order valence-corrected chi connectivity index (χ1v) is 9.50. The molecule has 1 fully saturated rings. The third-order valence-electron chi connectivity index (χ3n) is 6.27. The average Bonchev–Trinajstić information content (AvgIpc) is 2.85. The number of benzene rings is 1. The summed E-state index contributed by atoms with van der Waals surface area (Å²) in [4.78, 5) is 49.6. The summed E-state index contributed by atoms with van der Waals surface area (Å²) in [6.07, 6.45) is 0. The summed E-state index contributed by atoms with van der Waals surface area (Å²) >= 11 is 0. The quantitative estimate of drug-likeness (QED) is 0.326. The molecule has 2 unspecified atom stereocenters. The number of carbonyl (C=O) groups excluding carboxylic acids is 3. The molecule has 1 saturated heterocycles. The van der Waals surface area contributed by atoms with E-state index in [0.29, 0.717) is 11.1 Å². The molecule has 30 heavy (non-hydrogen) atoms. The number of ether oxygens (including phenoxy) is 1. The van der Waals surface area contributed by atoms with E-state index in [-0.39, 0.29) is 23.8 Å². The van der Waals surface area contributed by atoms with Crippen molar-refractivity contribution in [2.45, 2.75) is 52.9 Å². The summed E-state index contributed by atoms with van der Waals surface area (Å²) in [5.41, 5.74) is -1.56. The summed E-state index contributed by atoms with van der Waals surface area (Å²) in [6, 6.07) is 4.90. The molecule has 2 aliphatic rings. The number of Topliss-reactive ketones (excluding diaryl/α,β-unsaturated/α-hetero) is 1. The van der Waals surface area contributed by atoms with Crippen molar-refractivity contribution in [2.75, 3.05) is 0 Å². The van der Waals surface area contributed by atoms with Gasteiger partial charge in [-0.05, 0) is 57.9 Å². The third-order valence-corrected chi connectivity index (χ3v) is 6.27. The second-order valence-electron chi connectivity index (χ2n) is 8.52. The molecule has 1 amide bonds. The highest BCUT2D eigenvalue weighted by Gasteiger charge is 2.68. The maximum Gasteiger partial charge on any atom is 0.355 e. The standard InChI is InChI=1S/C21H24N2O7/c1-11-16(19(26)30-10-13-6-8-14(9-7-13)23(28)29)22-17(21(11,5)12(2)24)15(18(22)25)20(3,4)27/h6-9,15,17,27H,10H2,1-5H3/t15?,17-,21?/m0/s1. The number of non-ortho nitro benzene ring substituents is 1. The van der Waals surface area contributed by atoms with Crippen molar-refractivity contribution in [1.29, 1.82) is 0 Å². The van der Waals surface area contributed by atoms with Crippen LogP contribution in [0, 0.1) is 21.4 Å². The van der Waals surface area contributed by atoms with Gasteiger partial charge in [0, 0.05) is 12.1 Å². The van der Waals surface area contributed by atoms with E-state index < -0.39 is 39.8 Å². The number of β-lactam (4-membered cyclic amide) rings is 1. The lowest BCUT2D eigenvalue weighted by Gasteiger charge is -2.52. The minimum atomic E-state index is -1.35. The Morgan fingerprint density at radius 1 is 1.30 bits per heavy atom. The molecule has 160 valence electrons. The monoisotopic (exact) mass is 416 g/mol. The summed E-state index contributed by atoms with van der Waals surface area (Å²) < 4.78 is 5.34. The molecule has 0 saturated carbocycles. The van der Waals surface area contributed by atoms with Gasteiger partial charge in [-0.1, -0.05) is 0 Å². The summed E-state index contributed by atoms with van der Waals surface area (Å²) in [5.74, 6) is -2.22. The van der Waals surface area contributed by atoms with Gasteiger partial charge in [-0.3, -0.25) is 19.7 Å². The van der Waals surface area contributed by atoms with Crippen molar-refractivity contribution in [3.63, 3.8) is 0 Å². The van der Waals surface area contributed by atoms with Crippen LogP contribution in [0.15, 0.2) is 35.5 Å². The van der Waals surface area contributed by atoms with Crippen LogP contribution in [-0.4, -0.2) is 44.2 Å². The van der Waals surface area contributed by atoms with Crippen LogP contribution < -0.4 is 0 Å². The van der Waals surface area contributed by atoms with Gasteiger partial charge in [0.25, 0.3) is 5.69 Å². The topological polar surface area (TPSA) is 127 Å². The number of amides is 1. The number of hydrogen-bond donors (Lipinski definition) is 1. The Morgan fingerprint density at radius 3 is 2.33 bits per heavy atom. The molecule has 9 nitrogen and oxygen atoms in total. The number of hydrogen-bond acceptors (Lipinski definition) is 7. The van der Waals surface area contributed by atoms with Gasteiger partial charge in [0.2, 0.25) is 5.91 Å². The van der Waals surface area contributed by atoms with E-state index in [4.69, 9.17) is 4.74 Å². The van der Waals surface area contributed by atoms with Crippen molar-refractivity contribution < 1.29 is 29.2 Å². The van der Waals surface area contributed by atoms with Gasteiger partial charge in [-0.25, -0.2) is 4.79 Å². The number of aliphatic hydroxyl groups is 1. The number of ketones is 1. The van der Waals surface area contributed by atoms with Crippen LogP contribution in [-0.2, 0) is 25.7 Å². The molecule has 0 aliphatic carbocycles. The van der Waals surface area contributed by atoms with Crippen LogP contribution in [0.2, 0.25) is 0 Å². The maximum absolute atomic E-state index is 12.9. The zero-order valence-corrected chi connectivity index (χ0v) is 17.5. The lowest BCUT2D eigenvalue weighted by atomic mass is 9.63. The van der Waals surface area contributed by atoms with E-state index in [9.17, 15) is 29.6 Å². The number of fused-ring (bicyclic) bond motifs is 1. The number of nitrogens with zero attached hydrogens (tertiary/aromatic N) is 2. The van der Waals surface area contributed by atoms with Crippen LogP contribution in [0.4, 0.5) is 5.69 Å². The Kier molecular flexibility index (Phi) is 5.06. The van der Waals surface area contributed by atoms with Crippen molar-refractivity contribution in [2.24, 2.45) is 11.3 Å². The molecule has 1 aromatic rings. The smallest absolute Gasteiger partial charge is 0.355 e. The first-order valence-electron chi connectivity index (χ1n) is 9.50. The van der Waals surface area contributed by atoms with Gasteiger partial charge in [0.15, 0.2) is 0 Å². The number of carbonyl (C=O) groups is 3. The van der Waals surface area contributed by atoms with E-state index in [1.165, 1.54) is 49.9 Å². The Balaban J connectivity index is 1.86. The van der Waals surface area contributed by atoms with Gasteiger partial charge in [-0.15, -0.1) is 0 Å². The lowest BCUT2D eigenvalue weighted by Crippen LogP contribution is -2.69. The first-order chi connectivity index (χ1) is 13.8. The van der Waals surface area contributed by atoms with E-state index in [0.717, 1.165) is 0 Å². The molecule has 0 radical (unpaired) electrons. The molecule has 0 aromatic heterocycles. The molecule has 0 bridgehead atoms. The van der Waals surface area contributed by atoms with E-state index in [1.807, 2.05) is 0 Å². The van der Waals surface area contributed by atoms with Crippen LogP contribution in [0.3, 0.4) is 0 Å². The van der Waals surface area contributed by atoms with Crippen LogP contribution in [0.5, 0.6) is 0 Å². The van der Waals surface area contributed by atoms with Crippen molar-refractivity contribution >= 4 is 23.3 Å². The zero-order chi connectivity index (χ0) is 22.6. The largest absolute Gasteiger partial charge is 0.456 e. The molecular formula is C21H24N2O7. The molecule has 1 N–H and O–H groups in total. The van der Waals surface area contributed by atoms with Crippen LogP contribution in [0.25, 0.3) is 0 Å². The van der Waals surface area contributed by atoms with Crippen molar-refractivity contribution in [3.05, 3.63) is 51.2 Å². The number of nitro benzene ring substituents is 1. The third kappa shape index (κ3) is 3.09. The number of esters is 1. The second kappa shape index (κ2) is 7.02. The molecule has 2 heterocycles. The van der Waals surface area contributed by atoms with Crippen LogP contribution in [0.1, 0.15) is 40.2 Å². The van der Waals surface area contributed by atoms with Gasteiger partial charge < -0.3 is 14.7 Å². The van der Waals surface area contributed by atoms with E-state index in [1.54, 1.807) is 13.8 Å². The van der Waals surface area contributed by atoms with Crippen molar-refractivity contribution in [3.8, 4) is 0 Å². The Bertz CT molecular complexity index is 974. The maximum atomic E-state index is 12.9. The van der Waals surface area contributed by atoms with Gasteiger partial charge >= 0.3 is 5.97 Å². The summed E-state index contributed by atoms with van der Waals surface area (Å²) in [5, 5.41) is 21.2. The fourth-order valence-electron chi connectivity index (χ4n) is 4.32. The normalized spacial score (nSPS) is 25.7. The lowest BCUT2D eigenvalue weighted by molar-refractivity contribution is -0.384. The minimum absolute atomic E-state index is 0.0186. The number of nitro groups is 1. The van der Waals surface area contributed by atoms with E-state index >= 15 is 0 Å². The molecule has 9 heteroatoms. The molecule has 1 aromatic carbocycles. The predicted molar refractivity (Wildman–Crippen MR) is 105 cm³/mol.